The third kappa shape index (κ3) is 31.8. The number of carbonyl (C=O) groups is 2. The van der Waals surface area contributed by atoms with Crippen LogP contribution in [0.15, 0.2) is 24.3 Å². The van der Waals surface area contributed by atoms with Crippen molar-refractivity contribution in [2.75, 3.05) is 26.4 Å². The maximum Gasteiger partial charge on any atom is 0.472 e. The first-order valence-corrected chi connectivity index (χ1v) is 24.7. The van der Waals surface area contributed by atoms with Gasteiger partial charge in [0.25, 0.3) is 0 Å². The molecular weight excluding hydrogens is 777 g/mol. The van der Waals surface area contributed by atoms with E-state index in [2.05, 4.69) is 13.8 Å². The van der Waals surface area contributed by atoms with E-state index in [1.807, 2.05) is 12.2 Å². The van der Waals surface area contributed by atoms with Crippen LogP contribution in [0.1, 0.15) is 187 Å². The summed E-state index contributed by atoms with van der Waals surface area (Å²) in [6.07, 6.45) is 29.7. The molecule has 14 heteroatoms. The number of unbranched alkanes of at least 4 members (excludes halogenated alkanes) is 19. The molecule has 0 aromatic carbocycles. The van der Waals surface area contributed by atoms with E-state index >= 15 is 0 Å². The number of hydrogen-bond donors (Lipinski definition) is 5. The van der Waals surface area contributed by atoms with Gasteiger partial charge in [-0.25, -0.2) is 4.57 Å². The van der Waals surface area contributed by atoms with E-state index in [9.17, 15) is 34.4 Å². The molecule has 6 N–H and O–H groups in total. The van der Waals surface area contributed by atoms with Crippen molar-refractivity contribution >= 4 is 19.8 Å². The fraction of sp³-hybridized carbons (Fsp3) is 0.867. The van der Waals surface area contributed by atoms with Gasteiger partial charge >= 0.3 is 19.8 Å². The van der Waals surface area contributed by atoms with Gasteiger partial charge in [0.05, 0.1) is 31.5 Å². The summed E-state index contributed by atoms with van der Waals surface area (Å²) in [5.41, 5.74) is 5.35. The van der Waals surface area contributed by atoms with Gasteiger partial charge in [0.1, 0.15) is 6.61 Å². The minimum absolute atomic E-state index is 0.0108. The van der Waals surface area contributed by atoms with Crippen LogP contribution in [0.4, 0.5) is 0 Å². The summed E-state index contributed by atoms with van der Waals surface area (Å²) in [5, 5.41) is 31.0. The van der Waals surface area contributed by atoms with E-state index in [1.54, 1.807) is 12.2 Å². The molecule has 1 aliphatic heterocycles. The summed E-state index contributed by atoms with van der Waals surface area (Å²) in [5.74, 6) is -1.33. The lowest BCUT2D eigenvalue weighted by Gasteiger charge is -2.36. The smallest absolute Gasteiger partial charge is 0.462 e. The molecule has 1 aliphatic rings. The molecule has 0 bridgehead atoms. The predicted molar refractivity (Wildman–Crippen MR) is 232 cm³/mol. The largest absolute Gasteiger partial charge is 0.472 e. The zero-order valence-electron chi connectivity index (χ0n) is 36.8. The highest BCUT2D eigenvalue weighted by Gasteiger charge is 2.35. The maximum atomic E-state index is 12.7. The van der Waals surface area contributed by atoms with Gasteiger partial charge in [-0.15, -0.1) is 0 Å². The highest BCUT2D eigenvalue weighted by molar-refractivity contribution is 7.47. The zero-order valence-corrected chi connectivity index (χ0v) is 37.7. The first-order chi connectivity index (χ1) is 28.5. The van der Waals surface area contributed by atoms with Gasteiger partial charge in [0.15, 0.2) is 12.4 Å². The second-order valence-corrected chi connectivity index (χ2v) is 17.6. The van der Waals surface area contributed by atoms with Crippen LogP contribution in [0.25, 0.3) is 0 Å². The molecule has 346 valence electrons. The van der Waals surface area contributed by atoms with Gasteiger partial charge in [-0.05, 0) is 32.1 Å². The topological polar surface area (TPSA) is 204 Å². The Morgan fingerprint density at radius 2 is 1.32 bits per heavy atom. The molecule has 1 saturated heterocycles. The molecule has 1 fully saturated rings. The first-order valence-electron chi connectivity index (χ1n) is 23.2. The second-order valence-electron chi connectivity index (χ2n) is 16.2. The number of phosphoric acid groups is 1. The van der Waals surface area contributed by atoms with E-state index in [0.29, 0.717) is 32.1 Å². The highest BCUT2D eigenvalue weighted by Crippen LogP contribution is 2.43. The second kappa shape index (κ2) is 36.9. The standard InChI is InChI=1S/C45H84NO12P/c1-3-5-7-8-9-10-11-12-13-14-15-16-17-18-19-20-25-29-43(49)54-36-39(37-56-59(52,53)55-34-33-46)57-44(50)30-26-22-21-24-28-40-41(48)35-45(51)58-42(40)32-31-38(47)27-23-6-4-2/h21,24,31-32,38-42,45,47-48,51H,3-20,22-23,25-30,33-37,46H2,1-2H3,(H,52,53)/b24-21-,32-31+/t38-,39+,40-,41-,42+,45?/m0/s1. The predicted octanol–water partition coefficient (Wildman–Crippen LogP) is 9.27. The van der Waals surface area contributed by atoms with Crippen LogP contribution in [0.3, 0.4) is 0 Å². The van der Waals surface area contributed by atoms with E-state index in [4.69, 9.17) is 29.0 Å². The van der Waals surface area contributed by atoms with Crippen molar-refractivity contribution in [1.29, 1.82) is 0 Å². The van der Waals surface area contributed by atoms with E-state index in [-0.39, 0.29) is 44.9 Å². The first kappa shape index (κ1) is 55.3. The van der Waals surface area contributed by atoms with E-state index in [1.165, 1.54) is 83.5 Å². The third-order valence-electron chi connectivity index (χ3n) is 10.6. The monoisotopic (exact) mass is 862 g/mol. The molecule has 0 amide bonds. The van der Waals surface area contributed by atoms with Crippen LogP contribution in [0.2, 0.25) is 0 Å². The quantitative estimate of drug-likeness (QED) is 0.0169. The van der Waals surface area contributed by atoms with Crippen molar-refractivity contribution < 1.29 is 57.6 Å². The normalized spacial score (nSPS) is 20.5. The number of aliphatic hydroxyl groups excluding tert-OH is 3. The molecule has 0 saturated carbocycles. The van der Waals surface area contributed by atoms with Crippen molar-refractivity contribution in [2.45, 2.75) is 218 Å². The molecule has 0 spiro atoms. The number of aliphatic hydroxyl groups is 3. The average Bonchev–Trinajstić information content (AvgIpc) is 3.20. The Morgan fingerprint density at radius 1 is 0.763 bits per heavy atom. The van der Waals surface area contributed by atoms with Crippen LogP contribution in [0.5, 0.6) is 0 Å². The van der Waals surface area contributed by atoms with Gasteiger partial charge < -0.3 is 40.2 Å². The average molecular weight is 862 g/mol. The fourth-order valence-electron chi connectivity index (χ4n) is 7.09. The van der Waals surface area contributed by atoms with Gasteiger partial charge in [0, 0.05) is 31.7 Å². The molecule has 0 aromatic heterocycles. The van der Waals surface area contributed by atoms with Crippen LogP contribution in [-0.4, -0.2) is 89.2 Å². The van der Waals surface area contributed by atoms with Gasteiger partial charge in [0.2, 0.25) is 0 Å². The van der Waals surface area contributed by atoms with Crippen LogP contribution in [-0.2, 0) is 37.4 Å². The summed E-state index contributed by atoms with van der Waals surface area (Å²) < 4.78 is 38.5. The van der Waals surface area contributed by atoms with Crippen LogP contribution >= 0.6 is 7.82 Å². The summed E-state index contributed by atoms with van der Waals surface area (Å²) >= 11 is 0. The molecule has 2 unspecified atom stereocenters. The Morgan fingerprint density at radius 3 is 1.92 bits per heavy atom. The van der Waals surface area contributed by atoms with Gasteiger partial charge in [-0.2, -0.15) is 0 Å². The summed E-state index contributed by atoms with van der Waals surface area (Å²) in [7, 11) is -4.45. The number of phosphoric ester groups is 1. The molecule has 1 heterocycles. The number of carbonyl (C=O) groups excluding carboxylic acids is 2. The summed E-state index contributed by atoms with van der Waals surface area (Å²) in [6.45, 7) is 3.33. The minimum atomic E-state index is -4.45. The minimum Gasteiger partial charge on any atom is -0.462 e. The van der Waals surface area contributed by atoms with Crippen molar-refractivity contribution in [2.24, 2.45) is 11.7 Å². The number of nitrogens with two attached hydrogens (primary N) is 1. The van der Waals surface area contributed by atoms with Crippen molar-refractivity contribution in [3.05, 3.63) is 24.3 Å². The SMILES string of the molecule is CCCCCCCCCCCCCCCCCCCC(=O)OC[C@H](COP(=O)(O)OCCN)OC(=O)CCC/C=C\C[C@H]1[C@@H](O)CC(O)O[C@@H]1/C=C/[C@@H](O)CCCCC. The molecule has 59 heavy (non-hydrogen) atoms. The Bertz CT molecular complexity index is 1140. The zero-order chi connectivity index (χ0) is 43.4. The highest BCUT2D eigenvalue weighted by atomic mass is 31.2. The summed E-state index contributed by atoms with van der Waals surface area (Å²) in [6, 6.07) is 0. The Balaban J connectivity index is 2.40. The maximum absolute atomic E-state index is 12.7. The third-order valence-corrected chi connectivity index (χ3v) is 11.6. The lowest BCUT2D eigenvalue weighted by Crippen LogP contribution is -2.43. The van der Waals surface area contributed by atoms with E-state index in [0.717, 1.165) is 38.5 Å². The number of ether oxygens (including phenoxy) is 3. The molecule has 0 aromatic rings. The molecular formula is C45H84NO12P. The fourth-order valence-corrected chi connectivity index (χ4v) is 7.85. The van der Waals surface area contributed by atoms with E-state index < -0.39 is 57.1 Å². The van der Waals surface area contributed by atoms with Crippen LogP contribution < -0.4 is 5.73 Å². The molecule has 7 atom stereocenters. The molecule has 0 radical (unpaired) electrons. The molecule has 1 rings (SSSR count). The Labute approximate surface area is 356 Å². The van der Waals surface area contributed by atoms with Crippen molar-refractivity contribution in [3.63, 3.8) is 0 Å². The van der Waals surface area contributed by atoms with Gasteiger partial charge in [-0.1, -0.05) is 160 Å². The molecule has 0 aliphatic carbocycles. The molecule has 13 nitrogen and oxygen atoms in total. The van der Waals surface area contributed by atoms with Crippen LogP contribution in [0, 0.1) is 5.92 Å². The number of rotatable bonds is 39. The number of esters is 2. The van der Waals surface area contributed by atoms with Crippen molar-refractivity contribution in [3.8, 4) is 0 Å². The Kier molecular flexibility index (Phi) is 34.6. The number of allylic oxidation sites excluding steroid dienone is 2. The van der Waals surface area contributed by atoms with Crippen molar-refractivity contribution in [1.82, 2.24) is 0 Å². The Hall–Kier alpha value is -1.67. The lowest BCUT2D eigenvalue weighted by molar-refractivity contribution is -0.199. The lowest BCUT2D eigenvalue weighted by atomic mass is 9.87. The number of hydrogen-bond acceptors (Lipinski definition) is 12. The van der Waals surface area contributed by atoms with Gasteiger partial charge in [-0.3, -0.25) is 18.6 Å². The summed E-state index contributed by atoms with van der Waals surface area (Å²) in [4.78, 5) is 35.1.